The van der Waals surface area contributed by atoms with Crippen LogP contribution in [0.25, 0.3) is 143 Å². The van der Waals surface area contributed by atoms with E-state index in [9.17, 15) is 0 Å². The van der Waals surface area contributed by atoms with Crippen LogP contribution in [0.1, 0.15) is 49.9 Å². The summed E-state index contributed by atoms with van der Waals surface area (Å²) >= 11 is 0. The number of aromatic nitrogens is 2. The van der Waals surface area contributed by atoms with Gasteiger partial charge in [-0.3, -0.25) is 0 Å². The van der Waals surface area contributed by atoms with E-state index >= 15 is 9.13 Å². The molecule has 4 heterocycles. The Labute approximate surface area is 604 Å². The van der Waals surface area contributed by atoms with E-state index in [1.165, 1.54) is 88.3 Å². The third-order valence-electron chi connectivity index (χ3n) is 23.6. The second-order valence-corrected chi connectivity index (χ2v) is 35.2. The topological polar surface area (TPSA) is 44.0 Å². The number of hydrogen-bond acceptors (Lipinski definition) is 2. The van der Waals surface area contributed by atoms with Gasteiger partial charge >= 0.3 is 0 Å². The Morgan fingerprint density at radius 1 is 0.231 bits per heavy atom. The van der Waals surface area contributed by atoms with Crippen LogP contribution < -0.4 is 31.8 Å². The van der Waals surface area contributed by atoms with Crippen molar-refractivity contribution in [3.8, 4) is 78.1 Å². The van der Waals surface area contributed by atoms with E-state index in [-0.39, 0.29) is 10.8 Å². The van der Waals surface area contributed by atoms with E-state index in [2.05, 4.69) is 304 Å². The van der Waals surface area contributed by atoms with Gasteiger partial charge in [-0.1, -0.05) is 282 Å². The largest absolute Gasteiger partial charge is 0.309 e. The molecule has 0 bridgehead atoms. The van der Waals surface area contributed by atoms with Gasteiger partial charge in [-0.15, -0.1) is 0 Å². The van der Waals surface area contributed by atoms with Gasteiger partial charge in [0.1, 0.15) is 0 Å². The molecule has 492 valence electrons. The van der Waals surface area contributed by atoms with E-state index in [1.807, 2.05) is 72.8 Å². The first-order valence-corrected chi connectivity index (χ1v) is 39.5. The fourth-order valence-electron chi connectivity index (χ4n) is 18.4. The predicted molar refractivity (Wildman–Crippen MR) is 439 cm³/mol. The van der Waals surface area contributed by atoms with Crippen LogP contribution in [0.2, 0.25) is 0 Å². The number of benzene rings is 16. The maximum Gasteiger partial charge on any atom is 0.172 e. The summed E-state index contributed by atoms with van der Waals surface area (Å²) in [5.41, 5.74) is 26.8. The van der Waals surface area contributed by atoms with Crippen LogP contribution in [0.3, 0.4) is 0 Å². The lowest BCUT2D eigenvalue weighted by Crippen LogP contribution is -2.20. The number of nitrogens with zero attached hydrogens (tertiary/aromatic N) is 2. The van der Waals surface area contributed by atoms with Crippen molar-refractivity contribution in [2.24, 2.45) is 0 Å². The highest BCUT2D eigenvalue weighted by Crippen LogP contribution is 2.57. The van der Waals surface area contributed by atoms with E-state index in [0.717, 1.165) is 109 Å². The van der Waals surface area contributed by atoms with Crippen molar-refractivity contribution in [1.29, 1.82) is 0 Å². The quantitative estimate of drug-likeness (QED) is 0.156. The first kappa shape index (κ1) is 60.8. The molecule has 2 atom stereocenters. The minimum atomic E-state index is -3.05. The van der Waals surface area contributed by atoms with Crippen LogP contribution in [0.5, 0.6) is 0 Å². The zero-order valence-corrected chi connectivity index (χ0v) is 59.7. The molecule has 6 heteroatoms. The zero-order chi connectivity index (χ0) is 69.5. The SMILES string of the molecule is CC1(C)c2ccccc2-c2ccc(-c3ccc4cc(-n5c6ccccc6c6cc7c(cc65)-c5ccccc5P7(=O)c5ccccc5)ccc4c3)cc21.CC1(C)c2ccccc2-c2ccc(-c3ccc4ccc(-n5c6ccccc6c6cc7c(cc65)-c5ccccc5P7(=O)c5ccccc5)cc4c3)cc21. The zero-order valence-electron chi connectivity index (χ0n) is 57.9. The van der Waals surface area contributed by atoms with E-state index < -0.39 is 14.3 Å². The molecule has 0 N–H and O–H groups in total. The molecule has 0 amide bonds. The van der Waals surface area contributed by atoms with Crippen molar-refractivity contribution in [2.45, 2.75) is 38.5 Å². The van der Waals surface area contributed by atoms with E-state index in [1.54, 1.807) is 0 Å². The van der Waals surface area contributed by atoms with Gasteiger partial charge < -0.3 is 18.3 Å². The van der Waals surface area contributed by atoms with Crippen LogP contribution in [0, 0.1) is 0 Å². The second kappa shape index (κ2) is 22.3. The summed E-state index contributed by atoms with van der Waals surface area (Å²) in [4.78, 5) is 0. The third-order valence-corrected chi connectivity index (χ3v) is 29.8. The van der Waals surface area contributed by atoms with Crippen LogP contribution >= 0.6 is 14.3 Å². The highest BCUT2D eigenvalue weighted by molar-refractivity contribution is 7.87. The second-order valence-electron chi connectivity index (χ2n) is 29.8. The lowest BCUT2D eigenvalue weighted by atomic mass is 9.81. The molecule has 0 radical (unpaired) electrons. The first-order valence-electron chi connectivity index (χ1n) is 36.1. The highest BCUT2D eigenvalue weighted by atomic mass is 31.2. The fourth-order valence-corrected chi connectivity index (χ4v) is 24.6. The number of fused-ring (bicyclic) bond motifs is 20. The average Bonchev–Trinajstić information content (AvgIpc) is 1.62. The molecule has 2 aliphatic carbocycles. The van der Waals surface area contributed by atoms with Crippen LogP contribution in [-0.4, -0.2) is 9.13 Å². The summed E-state index contributed by atoms with van der Waals surface area (Å²) < 4.78 is 35.5. The Morgan fingerprint density at radius 2 is 0.587 bits per heavy atom. The van der Waals surface area contributed by atoms with Crippen molar-refractivity contribution >= 4 is 111 Å². The average molecular weight is 1370 g/mol. The van der Waals surface area contributed by atoms with Gasteiger partial charge in [0.15, 0.2) is 14.3 Å². The molecular formula is C98H68N2O2P2. The number of hydrogen-bond donors (Lipinski definition) is 0. The smallest absolute Gasteiger partial charge is 0.172 e. The molecule has 4 aliphatic rings. The number of rotatable bonds is 6. The summed E-state index contributed by atoms with van der Waals surface area (Å²) in [6, 6.07) is 122. The van der Waals surface area contributed by atoms with Crippen LogP contribution in [0.15, 0.2) is 340 Å². The third kappa shape index (κ3) is 8.62. The predicted octanol–water partition coefficient (Wildman–Crippen LogP) is 23.1. The molecule has 0 saturated carbocycles. The van der Waals surface area contributed by atoms with Gasteiger partial charge in [-0.2, -0.15) is 0 Å². The Morgan fingerprint density at radius 3 is 1.09 bits per heavy atom. The standard InChI is InChI=1S/2C49H34NOP/c1-49(2)43-17-9-6-14-37(43)38-25-23-34(28-44(38)49)31-20-21-33-27-35(24-22-32(33)26-31)50-45-18-10-7-15-39(45)41-30-48-42(29-46(41)50)40-16-8-11-19-47(40)52(48,51)36-12-4-3-5-13-36;1-49(2)43-17-9-6-14-37(43)38-25-23-33(28-44(38)49)32-21-20-31-22-24-35(27-34(31)26-32)50-45-18-10-7-15-39(45)41-30-48-42(29-46(41)50)40-16-8-11-19-47(40)52(48,51)36-12-4-3-5-13-36/h2*3-30H,1-2H3. The molecular weight excluding hydrogens is 1300 g/mol. The van der Waals surface area contributed by atoms with Gasteiger partial charge in [0.05, 0.1) is 22.1 Å². The summed E-state index contributed by atoms with van der Waals surface area (Å²) in [7, 11) is -6.10. The Balaban J connectivity index is 0.000000134. The van der Waals surface area contributed by atoms with E-state index in [4.69, 9.17) is 0 Å². The van der Waals surface area contributed by atoms with Gasteiger partial charge in [-0.05, 0) is 195 Å². The van der Waals surface area contributed by atoms with Crippen molar-refractivity contribution in [2.75, 3.05) is 0 Å². The highest BCUT2D eigenvalue weighted by Gasteiger charge is 2.43. The molecule has 4 nitrogen and oxygen atoms in total. The van der Waals surface area contributed by atoms with Crippen LogP contribution in [0.4, 0.5) is 0 Å². The molecule has 0 fully saturated rings. The van der Waals surface area contributed by atoms with Gasteiger partial charge in [0.25, 0.3) is 0 Å². The van der Waals surface area contributed by atoms with Crippen molar-refractivity contribution in [1.82, 2.24) is 9.13 Å². The number of para-hydroxylation sites is 2. The first-order chi connectivity index (χ1) is 50.8. The summed E-state index contributed by atoms with van der Waals surface area (Å²) in [6.07, 6.45) is 0. The molecule has 22 rings (SSSR count). The van der Waals surface area contributed by atoms with Crippen molar-refractivity contribution < 1.29 is 9.13 Å². The van der Waals surface area contributed by atoms with Crippen LogP contribution in [-0.2, 0) is 20.0 Å². The summed E-state index contributed by atoms with van der Waals surface area (Å²) in [6.45, 7) is 9.36. The fraction of sp³-hybridized carbons (Fsp3) is 0.0612. The molecule has 18 aromatic rings. The monoisotopic (exact) mass is 1370 g/mol. The lowest BCUT2D eigenvalue weighted by molar-refractivity contribution is 0.592. The molecule has 0 saturated heterocycles. The van der Waals surface area contributed by atoms with Gasteiger partial charge in [-0.25, -0.2) is 0 Å². The Hall–Kier alpha value is -11.9. The minimum absolute atomic E-state index is 0.0311. The minimum Gasteiger partial charge on any atom is -0.309 e. The van der Waals surface area contributed by atoms with E-state index in [0.29, 0.717) is 0 Å². The van der Waals surface area contributed by atoms with Gasteiger partial charge in [0.2, 0.25) is 0 Å². The normalized spacial score (nSPS) is 16.6. The van der Waals surface area contributed by atoms with Gasteiger partial charge in [0, 0.05) is 75.6 Å². The molecule has 2 aromatic heterocycles. The summed E-state index contributed by atoms with van der Waals surface area (Å²) in [5.74, 6) is 0. The summed E-state index contributed by atoms with van der Waals surface area (Å²) in [5, 5.41) is 14.9. The maximum absolute atomic E-state index is 15.4. The maximum atomic E-state index is 15.4. The van der Waals surface area contributed by atoms with Crippen molar-refractivity contribution in [3.05, 3.63) is 362 Å². The molecule has 16 aromatic carbocycles. The Kier molecular flexibility index (Phi) is 13.0. The molecule has 2 unspecified atom stereocenters. The lowest BCUT2D eigenvalue weighted by Gasteiger charge is -2.22. The van der Waals surface area contributed by atoms with Crippen molar-refractivity contribution in [3.63, 3.8) is 0 Å². The molecule has 104 heavy (non-hydrogen) atoms. The molecule has 2 aliphatic heterocycles. The Bertz CT molecular complexity index is 6870. The molecule has 0 spiro atoms.